The molecule has 0 aromatic carbocycles. The predicted molar refractivity (Wildman–Crippen MR) is 38.7 cm³/mol. The van der Waals surface area contributed by atoms with Crippen molar-refractivity contribution in [1.82, 2.24) is 0 Å². The number of aliphatic carboxylic acids is 1. The summed E-state index contributed by atoms with van der Waals surface area (Å²) in [4.78, 5) is 9.00. The van der Waals surface area contributed by atoms with E-state index in [0.29, 0.717) is 6.54 Å². The molecule has 4 heteroatoms. The largest absolute Gasteiger partial charge is 0.481 e. The van der Waals surface area contributed by atoms with E-state index in [0.717, 1.165) is 6.92 Å². The Balaban J connectivity index is 0. The first-order valence-electron chi connectivity index (χ1n) is 2.91. The van der Waals surface area contributed by atoms with Crippen molar-refractivity contribution in [2.45, 2.75) is 26.4 Å². The smallest absolute Gasteiger partial charge is 0.300 e. The number of carbonyl (C=O) groups is 1. The van der Waals surface area contributed by atoms with Crippen LogP contribution in [0.5, 0.6) is 0 Å². The van der Waals surface area contributed by atoms with Gasteiger partial charge in [-0.15, -0.1) is 0 Å². The van der Waals surface area contributed by atoms with Crippen LogP contribution in [0.15, 0.2) is 0 Å². The fourth-order valence-corrected chi connectivity index (χ4v) is 0. The standard InChI is InChI=1S/C4H11NO.C2H4O2/c1-4(2,6)3-5;1-2(3)4/h6H,3,5H2,1-2H3;1H3,(H,3,4). The number of rotatable bonds is 1. The Morgan fingerprint density at radius 3 is 1.70 bits per heavy atom. The van der Waals surface area contributed by atoms with Gasteiger partial charge < -0.3 is 15.9 Å². The minimum absolute atomic E-state index is 0.326. The molecular formula is C6H15NO3. The van der Waals surface area contributed by atoms with Gasteiger partial charge in [-0.2, -0.15) is 0 Å². The van der Waals surface area contributed by atoms with Crippen LogP contribution in [0.3, 0.4) is 0 Å². The Bertz CT molecular complexity index is 91.7. The molecule has 4 nitrogen and oxygen atoms in total. The Morgan fingerprint density at radius 1 is 1.60 bits per heavy atom. The fourth-order valence-electron chi connectivity index (χ4n) is 0. The van der Waals surface area contributed by atoms with Crippen molar-refractivity contribution in [3.8, 4) is 0 Å². The first-order chi connectivity index (χ1) is 4.29. The lowest BCUT2D eigenvalue weighted by Crippen LogP contribution is -2.29. The van der Waals surface area contributed by atoms with Crippen LogP contribution in [0.1, 0.15) is 20.8 Å². The van der Waals surface area contributed by atoms with Crippen LogP contribution in [0.25, 0.3) is 0 Å². The number of nitrogens with two attached hydrogens (primary N) is 1. The molecule has 4 N–H and O–H groups in total. The number of hydrogen-bond acceptors (Lipinski definition) is 3. The van der Waals surface area contributed by atoms with Crippen LogP contribution in [0.2, 0.25) is 0 Å². The molecule has 0 fully saturated rings. The van der Waals surface area contributed by atoms with Gasteiger partial charge in [0, 0.05) is 13.5 Å². The van der Waals surface area contributed by atoms with E-state index < -0.39 is 11.6 Å². The molecule has 0 rings (SSSR count). The lowest BCUT2D eigenvalue weighted by molar-refractivity contribution is -0.134. The van der Waals surface area contributed by atoms with Crippen molar-refractivity contribution in [2.24, 2.45) is 5.73 Å². The van der Waals surface area contributed by atoms with Gasteiger partial charge in [-0.3, -0.25) is 4.79 Å². The second kappa shape index (κ2) is 5.20. The second-order valence-corrected chi connectivity index (χ2v) is 2.54. The summed E-state index contributed by atoms with van der Waals surface area (Å²) in [5.74, 6) is -0.833. The van der Waals surface area contributed by atoms with Crippen molar-refractivity contribution in [1.29, 1.82) is 0 Å². The van der Waals surface area contributed by atoms with E-state index in [-0.39, 0.29) is 0 Å². The number of aliphatic hydroxyl groups is 1. The van der Waals surface area contributed by atoms with E-state index >= 15 is 0 Å². The fraction of sp³-hybridized carbons (Fsp3) is 0.833. The molecule has 0 aliphatic heterocycles. The van der Waals surface area contributed by atoms with Crippen molar-refractivity contribution in [3.63, 3.8) is 0 Å². The summed E-state index contributed by atoms with van der Waals surface area (Å²) in [5, 5.41) is 16.1. The van der Waals surface area contributed by atoms with Crippen molar-refractivity contribution in [3.05, 3.63) is 0 Å². The number of carboxylic acid groups (broad SMARTS) is 1. The molecule has 0 atom stereocenters. The first kappa shape index (κ1) is 12.1. The normalized spacial score (nSPS) is 9.70. The molecule has 10 heavy (non-hydrogen) atoms. The Labute approximate surface area is 60.7 Å². The average molecular weight is 149 g/mol. The average Bonchev–Trinajstić information content (AvgIpc) is 1.63. The SMILES string of the molecule is CC(=O)O.CC(C)(O)CN. The van der Waals surface area contributed by atoms with E-state index in [1.54, 1.807) is 13.8 Å². The molecule has 0 aromatic rings. The van der Waals surface area contributed by atoms with E-state index in [2.05, 4.69) is 0 Å². The number of carboxylic acids is 1. The third kappa shape index (κ3) is 52.8. The van der Waals surface area contributed by atoms with Crippen LogP contribution in [0.4, 0.5) is 0 Å². The molecule has 0 saturated heterocycles. The highest BCUT2D eigenvalue weighted by atomic mass is 16.4. The lowest BCUT2D eigenvalue weighted by atomic mass is 10.1. The summed E-state index contributed by atoms with van der Waals surface area (Å²) in [6.07, 6.45) is 0. The Hall–Kier alpha value is -0.610. The minimum atomic E-state index is -0.833. The van der Waals surface area contributed by atoms with Gasteiger partial charge in [-0.25, -0.2) is 0 Å². The van der Waals surface area contributed by atoms with Crippen molar-refractivity contribution >= 4 is 5.97 Å². The van der Waals surface area contributed by atoms with Crippen LogP contribution in [0, 0.1) is 0 Å². The molecule has 0 spiro atoms. The van der Waals surface area contributed by atoms with Gasteiger partial charge in [0.15, 0.2) is 0 Å². The Morgan fingerprint density at radius 2 is 1.70 bits per heavy atom. The summed E-state index contributed by atoms with van der Waals surface area (Å²) in [7, 11) is 0. The van der Waals surface area contributed by atoms with Crippen LogP contribution < -0.4 is 5.73 Å². The van der Waals surface area contributed by atoms with Gasteiger partial charge in [0.05, 0.1) is 5.60 Å². The lowest BCUT2D eigenvalue weighted by Gasteiger charge is -2.11. The quantitative estimate of drug-likeness (QED) is 0.482. The van der Waals surface area contributed by atoms with Gasteiger partial charge in [0.25, 0.3) is 5.97 Å². The highest BCUT2D eigenvalue weighted by Crippen LogP contribution is 1.93. The second-order valence-electron chi connectivity index (χ2n) is 2.54. The molecular weight excluding hydrogens is 134 g/mol. The van der Waals surface area contributed by atoms with Crippen LogP contribution in [-0.2, 0) is 4.79 Å². The zero-order valence-corrected chi connectivity index (χ0v) is 6.59. The molecule has 0 saturated carbocycles. The summed E-state index contributed by atoms with van der Waals surface area (Å²) in [6.45, 7) is 4.76. The van der Waals surface area contributed by atoms with E-state index in [4.69, 9.17) is 20.7 Å². The molecule has 0 bridgehead atoms. The molecule has 62 valence electrons. The van der Waals surface area contributed by atoms with Gasteiger partial charge in [0.2, 0.25) is 0 Å². The van der Waals surface area contributed by atoms with E-state index in [1.165, 1.54) is 0 Å². The molecule has 0 aromatic heterocycles. The summed E-state index contributed by atoms with van der Waals surface area (Å²) < 4.78 is 0. The van der Waals surface area contributed by atoms with E-state index in [1.807, 2.05) is 0 Å². The monoisotopic (exact) mass is 149 g/mol. The third-order valence-corrected chi connectivity index (χ3v) is 0.500. The highest BCUT2D eigenvalue weighted by molar-refractivity contribution is 5.62. The van der Waals surface area contributed by atoms with Gasteiger partial charge >= 0.3 is 0 Å². The van der Waals surface area contributed by atoms with Gasteiger partial charge in [-0.1, -0.05) is 0 Å². The Kier molecular flexibility index (Phi) is 6.29. The molecule has 0 aliphatic carbocycles. The zero-order chi connectivity index (χ0) is 8.78. The minimum Gasteiger partial charge on any atom is -0.481 e. The van der Waals surface area contributed by atoms with Crippen LogP contribution >= 0.6 is 0 Å². The number of hydrogen-bond donors (Lipinski definition) is 3. The van der Waals surface area contributed by atoms with Crippen LogP contribution in [-0.4, -0.2) is 28.3 Å². The van der Waals surface area contributed by atoms with Gasteiger partial charge in [-0.05, 0) is 13.8 Å². The summed E-state index contributed by atoms with van der Waals surface area (Å²) in [5.41, 5.74) is 4.38. The molecule has 0 aliphatic rings. The van der Waals surface area contributed by atoms with Crippen molar-refractivity contribution < 1.29 is 15.0 Å². The molecule has 0 heterocycles. The third-order valence-electron chi connectivity index (χ3n) is 0.500. The summed E-state index contributed by atoms with van der Waals surface area (Å²) in [6, 6.07) is 0. The van der Waals surface area contributed by atoms with E-state index in [9.17, 15) is 0 Å². The van der Waals surface area contributed by atoms with Gasteiger partial charge in [0.1, 0.15) is 0 Å². The maximum Gasteiger partial charge on any atom is 0.300 e. The molecule has 0 unspecified atom stereocenters. The molecule has 0 amide bonds. The zero-order valence-electron chi connectivity index (χ0n) is 6.59. The predicted octanol–water partition coefficient (Wildman–Crippen LogP) is -0.193. The maximum absolute atomic E-state index is 9.00. The first-order valence-corrected chi connectivity index (χ1v) is 2.91. The molecule has 0 radical (unpaired) electrons. The topological polar surface area (TPSA) is 83.5 Å². The van der Waals surface area contributed by atoms with Crippen molar-refractivity contribution in [2.75, 3.05) is 6.54 Å². The maximum atomic E-state index is 9.00. The highest BCUT2D eigenvalue weighted by Gasteiger charge is 2.06. The summed E-state index contributed by atoms with van der Waals surface area (Å²) >= 11 is 0.